The lowest BCUT2D eigenvalue weighted by Gasteiger charge is -2.13. The first-order chi connectivity index (χ1) is 19.8. The van der Waals surface area contributed by atoms with Gasteiger partial charge in [0.1, 0.15) is 0 Å². The number of benzene rings is 5. The van der Waals surface area contributed by atoms with Gasteiger partial charge in [0.15, 0.2) is 0 Å². The van der Waals surface area contributed by atoms with E-state index in [-0.39, 0.29) is 0 Å². The summed E-state index contributed by atoms with van der Waals surface area (Å²) in [5.41, 5.74) is 11.0. The van der Waals surface area contributed by atoms with E-state index in [0.717, 1.165) is 43.6 Å². The number of hydrogen-bond acceptors (Lipinski definition) is 3. The Kier molecular flexibility index (Phi) is 5.14. The van der Waals surface area contributed by atoms with Crippen LogP contribution in [0.4, 0.5) is 0 Å². The highest BCUT2D eigenvalue weighted by Gasteiger charge is 2.14. The van der Waals surface area contributed by atoms with Crippen molar-refractivity contribution in [3.05, 3.63) is 140 Å². The molecule has 3 heterocycles. The summed E-state index contributed by atoms with van der Waals surface area (Å²) in [6.45, 7) is 0. The van der Waals surface area contributed by atoms with Gasteiger partial charge in [-0.25, -0.2) is 4.98 Å². The highest BCUT2D eigenvalue weighted by atomic mass is 14.7. The van der Waals surface area contributed by atoms with Crippen LogP contribution in [0.15, 0.2) is 140 Å². The van der Waals surface area contributed by atoms with E-state index in [2.05, 4.69) is 119 Å². The van der Waals surface area contributed by atoms with E-state index < -0.39 is 0 Å². The molecule has 8 aromatic rings. The highest BCUT2D eigenvalue weighted by molar-refractivity contribution is 6.15. The van der Waals surface area contributed by atoms with Crippen LogP contribution in [0.3, 0.4) is 0 Å². The maximum Gasteiger partial charge on any atom is 0.0978 e. The average Bonchev–Trinajstić information content (AvgIpc) is 3.03. The van der Waals surface area contributed by atoms with Crippen LogP contribution in [-0.2, 0) is 0 Å². The quantitative estimate of drug-likeness (QED) is 0.176. The monoisotopic (exact) mass is 509 g/mol. The fraction of sp³-hybridized carbons (Fsp3) is 0. The fourth-order valence-corrected chi connectivity index (χ4v) is 5.74. The topological polar surface area (TPSA) is 38.7 Å². The number of para-hydroxylation sites is 1. The van der Waals surface area contributed by atoms with Crippen LogP contribution < -0.4 is 0 Å². The van der Waals surface area contributed by atoms with E-state index in [1.165, 1.54) is 33.4 Å². The van der Waals surface area contributed by atoms with Crippen LogP contribution in [0, 0.1) is 0 Å². The Morgan fingerprint density at radius 1 is 0.375 bits per heavy atom. The van der Waals surface area contributed by atoms with E-state index in [1.54, 1.807) is 0 Å². The van der Waals surface area contributed by atoms with E-state index in [1.807, 2.05) is 30.6 Å². The van der Waals surface area contributed by atoms with Crippen molar-refractivity contribution >= 4 is 43.6 Å². The molecule has 3 heteroatoms. The average molecular weight is 510 g/mol. The van der Waals surface area contributed by atoms with Crippen LogP contribution in [0.2, 0.25) is 0 Å². The molecule has 3 aromatic heterocycles. The largest absolute Gasteiger partial charge is 0.256 e. The highest BCUT2D eigenvalue weighted by Crippen LogP contribution is 2.38. The minimum atomic E-state index is 0.936. The molecule has 5 aromatic carbocycles. The van der Waals surface area contributed by atoms with Crippen LogP contribution in [0.25, 0.3) is 77.0 Å². The number of aromatic nitrogens is 3. The van der Waals surface area contributed by atoms with Gasteiger partial charge >= 0.3 is 0 Å². The first-order valence-electron chi connectivity index (χ1n) is 13.4. The molecule has 40 heavy (non-hydrogen) atoms. The molecule has 0 aliphatic rings. The second-order valence-corrected chi connectivity index (χ2v) is 10.1. The molecule has 0 spiro atoms. The van der Waals surface area contributed by atoms with Gasteiger partial charge < -0.3 is 0 Å². The Morgan fingerprint density at radius 2 is 1.02 bits per heavy atom. The molecule has 0 atom stereocenters. The van der Waals surface area contributed by atoms with Crippen molar-refractivity contribution in [3.63, 3.8) is 0 Å². The van der Waals surface area contributed by atoms with Crippen molar-refractivity contribution in [1.29, 1.82) is 0 Å². The minimum Gasteiger partial charge on any atom is -0.256 e. The van der Waals surface area contributed by atoms with Crippen molar-refractivity contribution in [1.82, 2.24) is 15.0 Å². The van der Waals surface area contributed by atoms with E-state index in [0.29, 0.717) is 0 Å². The van der Waals surface area contributed by atoms with Gasteiger partial charge in [-0.2, -0.15) is 0 Å². The van der Waals surface area contributed by atoms with Crippen LogP contribution in [0.5, 0.6) is 0 Å². The maximum atomic E-state index is 5.04. The summed E-state index contributed by atoms with van der Waals surface area (Å²) < 4.78 is 0. The predicted molar refractivity (Wildman–Crippen MR) is 166 cm³/mol. The second-order valence-electron chi connectivity index (χ2n) is 10.1. The van der Waals surface area contributed by atoms with Crippen LogP contribution in [-0.4, -0.2) is 15.0 Å². The third-order valence-electron chi connectivity index (χ3n) is 7.75. The molecule has 186 valence electrons. The molecule has 0 aliphatic carbocycles. The minimum absolute atomic E-state index is 0.936. The molecule has 0 saturated heterocycles. The van der Waals surface area contributed by atoms with Crippen molar-refractivity contribution in [2.45, 2.75) is 0 Å². The third-order valence-corrected chi connectivity index (χ3v) is 7.75. The molecule has 3 nitrogen and oxygen atoms in total. The Bertz CT molecular complexity index is 2200. The summed E-state index contributed by atoms with van der Waals surface area (Å²) in [4.78, 5) is 14.2. The van der Waals surface area contributed by atoms with Gasteiger partial charge in [0, 0.05) is 39.5 Å². The SMILES string of the molecule is c1cnc2ccc(-c3ccc(-c4ccc(-c5c6ccccc6nc6c5ccc5cccnc56)cc4)cc3)cc2c1. The van der Waals surface area contributed by atoms with Crippen LogP contribution >= 0.6 is 0 Å². The van der Waals surface area contributed by atoms with E-state index in [4.69, 9.17) is 4.98 Å². The molecular formula is C37H23N3. The molecule has 0 bridgehead atoms. The van der Waals surface area contributed by atoms with Gasteiger partial charge in [-0.15, -0.1) is 0 Å². The summed E-state index contributed by atoms with van der Waals surface area (Å²) in [6, 6.07) is 45.0. The first-order valence-corrected chi connectivity index (χ1v) is 13.4. The molecule has 0 saturated carbocycles. The normalized spacial score (nSPS) is 11.5. The number of fused-ring (bicyclic) bond motifs is 5. The number of pyridine rings is 3. The molecule has 0 radical (unpaired) electrons. The van der Waals surface area contributed by atoms with Gasteiger partial charge in [0.05, 0.1) is 22.1 Å². The van der Waals surface area contributed by atoms with Gasteiger partial charge in [-0.05, 0) is 58.1 Å². The van der Waals surface area contributed by atoms with Crippen LogP contribution in [0.1, 0.15) is 0 Å². The first kappa shape index (κ1) is 22.6. The molecule has 0 unspecified atom stereocenters. The van der Waals surface area contributed by atoms with Crippen molar-refractivity contribution in [2.75, 3.05) is 0 Å². The zero-order chi connectivity index (χ0) is 26.5. The van der Waals surface area contributed by atoms with E-state index >= 15 is 0 Å². The van der Waals surface area contributed by atoms with Gasteiger partial charge in [-0.3, -0.25) is 9.97 Å². The smallest absolute Gasteiger partial charge is 0.0978 e. The molecule has 0 fully saturated rings. The zero-order valence-electron chi connectivity index (χ0n) is 21.6. The Balaban J connectivity index is 1.20. The van der Waals surface area contributed by atoms with E-state index in [9.17, 15) is 0 Å². The third kappa shape index (κ3) is 3.71. The summed E-state index contributed by atoms with van der Waals surface area (Å²) in [5.74, 6) is 0. The summed E-state index contributed by atoms with van der Waals surface area (Å²) in [5, 5.41) is 4.52. The van der Waals surface area contributed by atoms with Crippen molar-refractivity contribution in [3.8, 4) is 33.4 Å². The number of hydrogen-bond donors (Lipinski definition) is 0. The number of rotatable bonds is 3. The summed E-state index contributed by atoms with van der Waals surface area (Å²) >= 11 is 0. The molecule has 0 aliphatic heterocycles. The molecule has 0 amide bonds. The lowest BCUT2D eigenvalue weighted by atomic mass is 9.93. The lowest BCUT2D eigenvalue weighted by Crippen LogP contribution is -1.91. The van der Waals surface area contributed by atoms with Gasteiger partial charge in [0.25, 0.3) is 0 Å². The fourth-order valence-electron chi connectivity index (χ4n) is 5.74. The Hall–Kier alpha value is -5.41. The summed E-state index contributed by atoms with van der Waals surface area (Å²) in [6.07, 6.45) is 3.68. The molecule has 0 N–H and O–H groups in total. The van der Waals surface area contributed by atoms with Gasteiger partial charge in [-0.1, -0.05) is 97.1 Å². The predicted octanol–water partition coefficient (Wildman–Crippen LogP) is 9.49. The lowest BCUT2D eigenvalue weighted by molar-refractivity contribution is 1.40. The van der Waals surface area contributed by atoms with Crippen molar-refractivity contribution in [2.24, 2.45) is 0 Å². The molecular weight excluding hydrogens is 486 g/mol. The summed E-state index contributed by atoms with van der Waals surface area (Å²) in [7, 11) is 0. The maximum absolute atomic E-state index is 5.04. The Morgan fingerprint density at radius 3 is 1.82 bits per heavy atom. The van der Waals surface area contributed by atoms with Crippen molar-refractivity contribution < 1.29 is 0 Å². The second kappa shape index (κ2) is 9.11. The zero-order valence-corrected chi connectivity index (χ0v) is 21.6. The van der Waals surface area contributed by atoms with Gasteiger partial charge in [0.2, 0.25) is 0 Å². The standard InChI is InChI=1S/C37H23N3/c1-2-8-34-31(7-1)35(32-19-17-28-5-3-22-39-36(28)37(32)40-34)27-15-13-25(14-16-27)24-9-11-26(12-10-24)29-18-20-33-30(23-29)6-4-21-38-33/h1-23H. The Labute approximate surface area is 231 Å². The molecule has 8 rings (SSSR count). The number of nitrogens with zero attached hydrogens (tertiary/aromatic N) is 3.